The summed E-state index contributed by atoms with van der Waals surface area (Å²) < 4.78 is 39.2. The Balaban J connectivity index is 1.42. The Hall–Kier alpha value is -3.07. The fourth-order valence-corrected chi connectivity index (χ4v) is 7.11. The number of hydrogen-bond donors (Lipinski definition) is 1. The summed E-state index contributed by atoms with van der Waals surface area (Å²) in [6, 6.07) is 11.0. The van der Waals surface area contributed by atoms with Crippen LogP contribution in [0.2, 0.25) is 0 Å². The molecule has 1 saturated carbocycles. The van der Waals surface area contributed by atoms with E-state index < -0.39 is 16.0 Å². The molecule has 9 heteroatoms. The number of sulfonamides is 1. The van der Waals surface area contributed by atoms with Gasteiger partial charge in [0.05, 0.1) is 17.1 Å². The molecular formula is C28H36N2O6S. The lowest BCUT2D eigenvalue weighted by Gasteiger charge is -2.39. The molecule has 2 unspecified atom stereocenters. The smallest absolute Gasteiger partial charge is 0.338 e. The second-order valence-electron chi connectivity index (χ2n) is 11.4. The predicted molar refractivity (Wildman–Crippen MR) is 141 cm³/mol. The number of aryl methyl sites for hydroxylation is 1. The Morgan fingerprint density at radius 3 is 2.46 bits per heavy atom. The fraction of sp³-hybridized carbons (Fsp3) is 0.500. The van der Waals surface area contributed by atoms with Gasteiger partial charge in [-0.1, -0.05) is 26.8 Å². The zero-order chi connectivity index (χ0) is 27.0. The van der Waals surface area contributed by atoms with Crippen molar-refractivity contribution in [2.45, 2.75) is 64.8 Å². The highest BCUT2D eigenvalue weighted by molar-refractivity contribution is 7.92. The van der Waals surface area contributed by atoms with E-state index in [1.165, 1.54) is 12.1 Å². The normalized spacial score (nSPS) is 22.4. The van der Waals surface area contributed by atoms with Crippen LogP contribution in [0.15, 0.2) is 47.4 Å². The fourth-order valence-electron chi connectivity index (χ4n) is 6.03. The third kappa shape index (κ3) is 6.09. The lowest BCUT2D eigenvalue weighted by Crippen LogP contribution is -2.39. The van der Waals surface area contributed by atoms with Gasteiger partial charge in [0.25, 0.3) is 15.9 Å². The number of carbonyl (C=O) groups excluding carboxylic acids is 2. The van der Waals surface area contributed by atoms with Crippen molar-refractivity contribution in [3.63, 3.8) is 0 Å². The van der Waals surface area contributed by atoms with Crippen molar-refractivity contribution in [3.05, 3.63) is 53.6 Å². The molecule has 4 rings (SSSR count). The maximum Gasteiger partial charge on any atom is 0.338 e. The number of amides is 1. The van der Waals surface area contributed by atoms with Gasteiger partial charge in [0.2, 0.25) is 0 Å². The first-order valence-corrected chi connectivity index (χ1v) is 14.1. The molecule has 1 aliphatic carbocycles. The molecule has 2 aliphatic rings. The van der Waals surface area contributed by atoms with E-state index >= 15 is 0 Å². The number of fused-ring (bicyclic) bond motifs is 2. The Bertz CT molecular complexity index is 1290. The molecule has 8 nitrogen and oxygen atoms in total. The molecule has 37 heavy (non-hydrogen) atoms. The van der Waals surface area contributed by atoms with Gasteiger partial charge in [-0.25, -0.2) is 13.2 Å². The van der Waals surface area contributed by atoms with Crippen LogP contribution >= 0.6 is 0 Å². The van der Waals surface area contributed by atoms with Gasteiger partial charge >= 0.3 is 5.97 Å². The SMILES string of the molecule is CCOc1ccc(NS(=O)(=O)c2ccc(C)c(C(=O)OCC(=O)N3CC4(C)CC3CC(C)(C)C4)c2)cc1. The Morgan fingerprint density at radius 1 is 1.08 bits per heavy atom. The number of nitrogens with one attached hydrogen (secondary N) is 1. The minimum absolute atomic E-state index is 0.0752. The van der Waals surface area contributed by atoms with Gasteiger partial charge in [-0.15, -0.1) is 0 Å². The van der Waals surface area contributed by atoms with E-state index in [1.807, 2.05) is 11.8 Å². The summed E-state index contributed by atoms with van der Waals surface area (Å²) in [6.45, 7) is 11.1. The Labute approximate surface area is 219 Å². The summed E-state index contributed by atoms with van der Waals surface area (Å²) in [4.78, 5) is 27.7. The van der Waals surface area contributed by atoms with E-state index in [-0.39, 0.29) is 39.8 Å². The van der Waals surface area contributed by atoms with Crippen LogP contribution in [0.1, 0.15) is 62.9 Å². The standard InChI is InChI=1S/C28H36N2O6S/c1-6-35-22-10-8-20(9-11-22)29-37(33,34)23-12-7-19(2)24(13-23)26(32)36-16-25(31)30-18-28(5)15-21(30)14-27(3,4)17-28/h7-13,21,29H,6,14-18H2,1-5H3. The van der Waals surface area contributed by atoms with Crippen molar-refractivity contribution in [2.24, 2.45) is 10.8 Å². The number of anilines is 1. The number of benzene rings is 2. The number of esters is 1. The number of rotatable bonds is 8. The third-order valence-corrected chi connectivity index (χ3v) is 8.60. The molecule has 2 fully saturated rings. The van der Waals surface area contributed by atoms with E-state index in [0.717, 1.165) is 19.3 Å². The lowest BCUT2D eigenvalue weighted by molar-refractivity contribution is -0.135. The van der Waals surface area contributed by atoms with Crippen molar-refractivity contribution in [3.8, 4) is 5.75 Å². The minimum Gasteiger partial charge on any atom is -0.494 e. The molecule has 2 aromatic rings. The molecule has 0 spiro atoms. The van der Waals surface area contributed by atoms with Gasteiger partial charge in [-0.3, -0.25) is 9.52 Å². The maximum absolute atomic E-state index is 13.0. The van der Waals surface area contributed by atoms with E-state index in [0.29, 0.717) is 30.2 Å². The number of nitrogens with zero attached hydrogens (tertiary/aromatic N) is 1. The van der Waals surface area contributed by atoms with E-state index in [2.05, 4.69) is 25.5 Å². The molecule has 1 saturated heterocycles. The highest BCUT2D eigenvalue weighted by atomic mass is 32.2. The van der Waals surface area contributed by atoms with Gasteiger partial charge in [0, 0.05) is 18.3 Å². The largest absolute Gasteiger partial charge is 0.494 e. The van der Waals surface area contributed by atoms with E-state index in [9.17, 15) is 18.0 Å². The molecular weight excluding hydrogens is 492 g/mol. The van der Waals surface area contributed by atoms with Crippen LogP contribution in [0.25, 0.3) is 0 Å². The molecule has 200 valence electrons. The second kappa shape index (κ2) is 10.0. The lowest BCUT2D eigenvalue weighted by atomic mass is 9.65. The molecule has 1 heterocycles. The molecule has 1 aliphatic heterocycles. The summed E-state index contributed by atoms with van der Waals surface area (Å²) in [5, 5.41) is 0. The molecule has 2 bridgehead atoms. The summed E-state index contributed by atoms with van der Waals surface area (Å²) >= 11 is 0. The van der Waals surface area contributed by atoms with Gasteiger partial charge in [0.1, 0.15) is 5.75 Å². The molecule has 2 atom stereocenters. The second-order valence-corrected chi connectivity index (χ2v) is 13.0. The zero-order valence-corrected chi connectivity index (χ0v) is 23.0. The molecule has 0 radical (unpaired) electrons. The summed E-state index contributed by atoms with van der Waals surface area (Å²) in [5.41, 5.74) is 1.29. The van der Waals surface area contributed by atoms with Crippen LogP contribution in [-0.4, -0.2) is 51.0 Å². The van der Waals surface area contributed by atoms with Gasteiger partial charge in [-0.2, -0.15) is 0 Å². The van der Waals surface area contributed by atoms with Crippen LogP contribution in [-0.2, 0) is 19.6 Å². The molecule has 1 N–H and O–H groups in total. The van der Waals surface area contributed by atoms with E-state index in [4.69, 9.17) is 9.47 Å². The summed E-state index contributed by atoms with van der Waals surface area (Å²) in [6.07, 6.45) is 2.96. The Morgan fingerprint density at radius 2 is 1.78 bits per heavy atom. The number of carbonyl (C=O) groups is 2. The number of hydrogen-bond acceptors (Lipinski definition) is 6. The van der Waals surface area contributed by atoms with Crippen molar-refractivity contribution in [1.29, 1.82) is 0 Å². The van der Waals surface area contributed by atoms with Gasteiger partial charge < -0.3 is 14.4 Å². The van der Waals surface area contributed by atoms with Crippen LogP contribution < -0.4 is 9.46 Å². The topological polar surface area (TPSA) is 102 Å². The first-order valence-electron chi connectivity index (χ1n) is 12.6. The molecule has 0 aromatic heterocycles. The van der Waals surface area contributed by atoms with Crippen molar-refractivity contribution < 1.29 is 27.5 Å². The molecule has 1 amide bonds. The van der Waals surface area contributed by atoms with Crippen LogP contribution in [0.5, 0.6) is 5.75 Å². The highest BCUT2D eigenvalue weighted by Crippen LogP contribution is 2.52. The first kappa shape index (κ1) is 27.0. The Kier molecular flexibility index (Phi) is 7.29. The monoisotopic (exact) mass is 528 g/mol. The number of likely N-dealkylation sites (tertiary alicyclic amines) is 1. The van der Waals surface area contributed by atoms with Crippen molar-refractivity contribution in [2.75, 3.05) is 24.5 Å². The van der Waals surface area contributed by atoms with Crippen LogP contribution in [0.4, 0.5) is 5.69 Å². The van der Waals surface area contributed by atoms with Crippen LogP contribution in [0.3, 0.4) is 0 Å². The number of ether oxygens (including phenoxy) is 2. The predicted octanol–water partition coefficient (Wildman–Crippen LogP) is 4.78. The van der Waals surface area contributed by atoms with Gasteiger partial charge in [-0.05, 0) is 85.9 Å². The van der Waals surface area contributed by atoms with Crippen molar-refractivity contribution >= 4 is 27.6 Å². The summed E-state index contributed by atoms with van der Waals surface area (Å²) in [7, 11) is -3.96. The summed E-state index contributed by atoms with van der Waals surface area (Å²) in [5.74, 6) is -0.299. The highest BCUT2D eigenvalue weighted by Gasteiger charge is 2.50. The zero-order valence-electron chi connectivity index (χ0n) is 22.2. The van der Waals surface area contributed by atoms with Crippen LogP contribution in [0, 0.1) is 17.8 Å². The quantitative estimate of drug-likeness (QED) is 0.495. The molecule has 2 aromatic carbocycles. The minimum atomic E-state index is -3.96. The average Bonchev–Trinajstić information content (AvgIpc) is 3.07. The maximum atomic E-state index is 13.0. The average molecular weight is 529 g/mol. The van der Waals surface area contributed by atoms with E-state index in [1.54, 1.807) is 37.3 Å². The van der Waals surface area contributed by atoms with Gasteiger partial charge in [0.15, 0.2) is 6.61 Å². The first-order chi connectivity index (χ1) is 17.3. The van der Waals surface area contributed by atoms with Crippen molar-refractivity contribution in [1.82, 2.24) is 4.90 Å². The third-order valence-electron chi connectivity index (χ3n) is 7.22.